The van der Waals surface area contributed by atoms with E-state index in [4.69, 9.17) is 5.73 Å². The summed E-state index contributed by atoms with van der Waals surface area (Å²) in [5.74, 6) is -0.0840. The van der Waals surface area contributed by atoms with Crippen molar-refractivity contribution in [1.82, 2.24) is 5.32 Å². The highest BCUT2D eigenvalue weighted by Gasteiger charge is 2.15. The van der Waals surface area contributed by atoms with Crippen molar-refractivity contribution in [3.05, 3.63) is 34.3 Å². The lowest BCUT2D eigenvalue weighted by Crippen LogP contribution is -2.41. The molecule has 0 spiro atoms. The van der Waals surface area contributed by atoms with E-state index in [2.05, 4.69) is 21.2 Å². The van der Waals surface area contributed by atoms with Crippen molar-refractivity contribution in [1.29, 1.82) is 0 Å². The zero-order valence-electron chi connectivity index (χ0n) is 10.2. The molecule has 1 rings (SSSR count). The normalized spacial score (nSPS) is 14.1. The number of carbonyl (C=O) groups is 1. The number of hydrogen-bond acceptors (Lipinski definition) is 2. The summed E-state index contributed by atoms with van der Waals surface area (Å²) in [5, 5.41) is 2.92. The summed E-state index contributed by atoms with van der Waals surface area (Å²) in [4.78, 5) is 11.8. The van der Waals surface area contributed by atoms with Gasteiger partial charge in [0.2, 0.25) is 5.91 Å². The van der Waals surface area contributed by atoms with Gasteiger partial charge in [0.05, 0.1) is 12.1 Å². The Kier molecular flexibility index (Phi) is 5.65. The van der Waals surface area contributed by atoms with Crippen molar-refractivity contribution in [3.63, 3.8) is 0 Å². The van der Waals surface area contributed by atoms with Crippen molar-refractivity contribution < 1.29 is 4.79 Å². The second-order valence-electron chi connectivity index (χ2n) is 4.18. The molecule has 0 radical (unpaired) electrons. The monoisotopic (exact) mass is 298 g/mol. The standard InChI is InChI=1S/C13H19BrN2O/c1-3-5-12(15)13(17)16-9(2)10-6-4-7-11(14)8-10/h4,6-9,12H,3,5,15H2,1-2H3,(H,16,17)/t9?,12-/m1/s1. The third-order valence-electron chi connectivity index (χ3n) is 2.64. The SMILES string of the molecule is CCC[C@@H](N)C(=O)NC(C)c1cccc(Br)c1. The van der Waals surface area contributed by atoms with Gasteiger partial charge in [-0.3, -0.25) is 4.79 Å². The minimum Gasteiger partial charge on any atom is -0.348 e. The Labute approximate surface area is 111 Å². The zero-order valence-corrected chi connectivity index (χ0v) is 11.8. The first-order valence-electron chi connectivity index (χ1n) is 5.86. The van der Waals surface area contributed by atoms with E-state index >= 15 is 0 Å². The molecule has 0 bridgehead atoms. The molecule has 3 N–H and O–H groups in total. The van der Waals surface area contributed by atoms with Crippen LogP contribution in [0, 0.1) is 0 Å². The molecule has 3 nitrogen and oxygen atoms in total. The van der Waals surface area contributed by atoms with E-state index in [0.29, 0.717) is 0 Å². The molecule has 0 saturated carbocycles. The first kappa shape index (κ1) is 14.2. The van der Waals surface area contributed by atoms with Crippen molar-refractivity contribution in [2.75, 3.05) is 0 Å². The highest BCUT2D eigenvalue weighted by atomic mass is 79.9. The topological polar surface area (TPSA) is 55.1 Å². The number of nitrogens with one attached hydrogen (secondary N) is 1. The van der Waals surface area contributed by atoms with Crippen LogP contribution in [0.3, 0.4) is 0 Å². The fraction of sp³-hybridized carbons (Fsp3) is 0.462. The molecule has 1 aromatic rings. The van der Waals surface area contributed by atoms with Crippen molar-refractivity contribution in [2.24, 2.45) is 5.73 Å². The lowest BCUT2D eigenvalue weighted by Gasteiger charge is -2.17. The van der Waals surface area contributed by atoms with Gasteiger partial charge in [-0.15, -0.1) is 0 Å². The van der Waals surface area contributed by atoms with Gasteiger partial charge in [0, 0.05) is 4.47 Å². The van der Waals surface area contributed by atoms with Crippen LogP contribution >= 0.6 is 15.9 Å². The molecular weight excluding hydrogens is 280 g/mol. The third-order valence-corrected chi connectivity index (χ3v) is 3.14. The zero-order chi connectivity index (χ0) is 12.8. The van der Waals surface area contributed by atoms with Gasteiger partial charge in [0.15, 0.2) is 0 Å². The number of rotatable bonds is 5. The van der Waals surface area contributed by atoms with Crippen LogP contribution in [0.25, 0.3) is 0 Å². The average Bonchev–Trinajstić information content (AvgIpc) is 2.29. The molecule has 1 aromatic carbocycles. The first-order chi connectivity index (χ1) is 8.04. The number of carbonyl (C=O) groups excluding carboxylic acids is 1. The molecule has 0 fully saturated rings. The summed E-state index contributed by atoms with van der Waals surface area (Å²) in [6.07, 6.45) is 1.64. The quantitative estimate of drug-likeness (QED) is 0.878. The van der Waals surface area contributed by atoms with Crippen LogP contribution in [-0.4, -0.2) is 11.9 Å². The van der Waals surface area contributed by atoms with Crippen LogP contribution in [0.1, 0.15) is 38.3 Å². The van der Waals surface area contributed by atoms with Crippen LogP contribution in [0.15, 0.2) is 28.7 Å². The molecule has 0 aliphatic rings. The number of nitrogens with two attached hydrogens (primary N) is 1. The molecule has 0 heterocycles. The summed E-state index contributed by atoms with van der Waals surface area (Å²) in [6.45, 7) is 3.98. The van der Waals surface area contributed by atoms with Crippen LogP contribution < -0.4 is 11.1 Å². The minimum atomic E-state index is -0.408. The van der Waals surface area contributed by atoms with Gasteiger partial charge in [-0.25, -0.2) is 0 Å². The Hall–Kier alpha value is -0.870. The molecule has 17 heavy (non-hydrogen) atoms. The lowest BCUT2D eigenvalue weighted by molar-refractivity contribution is -0.123. The summed E-state index contributed by atoms with van der Waals surface area (Å²) in [5.41, 5.74) is 6.83. The van der Waals surface area contributed by atoms with E-state index in [1.54, 1.807) is 0 Å². The largest absolute Gasteiger partial charge is 0.348 e. The van der Waals surface area contributed by atoms with Crippen molar-refractivity contribution in [3.8, 4) is 0 Å². The number of amides is 1. The van der Waals surface area contributed by atoms with Crippen LogP contribution in [0.2, 0.25) is 0 Å². The molecule has 0 aliphatic carbocycles. The Morgan fingerprint density at radius 3 is 2.82 bits per heavy atom. The van der Waals surface area contributed by atoms with E-state index in [9.17, 15) is 4.79 Å². The highest BCUT2D eigenvalue weighted by Crippen LogP contribution is 2.17. The minimum absolute atomic E-state index is 0.0251. The molecule has 0 saturated heterocycles. The fourth-order valence-corrected chi connectivity index (χ4v) is 2.04. The van der Waals surface area contributed by atoms with Crippen LogP contribution in [-0.2, 0) is 4.79 Å². The van der Waals surface area contributed by atoms with E-state index in [1.807, 2.05) is 38.1 Å². The molecule has 0 aliphatic heterocycles. The summed E-state index contributed by atoms with van der Waals surface area (Å²) < 4.78 is 1.01. The molecular formula is C13H19BrN2O. The second-order valence-corrected chi connectivity index (χ2v) is 5.10. The fourth-order valence-electron chi connectivity index (χ4n) is 1.62. The van der Waals surface area contributed by atoms with Gasteiger partial charge < -0.3 is 11.1 Å². The Bertz CT molecular complexity index is 381. The summed E-state index contributed by atoms with van der Waals surface area (Å²) in [7, 11) is 0. The van der Waals surface area contributed by atoms with Crippen molar-refractivity contribution >= 4 is 21.8 Å². The van der Waals surface area contributed by atoms with E-state index in [0.717, 1.165) is 22.9 Å². The van der Waals surface area contributed by atoms with E-state index in [1.165, 1.54) is 0 Å². The summed E-state index contributed by atoms with van der Waals surface area (Å²) >= 11 is 3.41. The van der Waals surface area contributed by atoms with E-state index in [-0.39, 0.29) is 11.9 Å². The van der Waals surface area contributed by atoms with Gasteiger partial charge in [-0.2, -0.15) is 0 Å². The predicted molar refractivity (Wildman–Crippen MR) is 73.6 cm³/mol. The average molecular weight is 299 g/mol. The van der Waals surface area contributed by atoms with Crippen molar-refractivity contribution in [2.45, 2.75) is 38.8 Å². The Morgan fingerprint density at radius 1 is 1.53 bits per heavy atom. The second kappa shape index (κ2) is 6.77. The van der Waals surface area contributed by atoms with Gasteiger partial charge in [-0.1, -0.05) is 41.4 Å². The Morgan fingerprint density at radius 2 is 2.24 bits per heavy atom. The van der Waals surface area contributed by atoms with Crippen LogP contribution in [0.4, 0.5) is 0 Å². The molecule has 94 valence electrons. The maximum atomic E-state index is 11.8. The first-order valence-corrected chi connectivity index (χ1v) is 6.65. The maximum Gasteiger partial charge on any atom is 0.237 e. The van der Waals surface area contributed by atoms with E-state index < -0.39 is 6.04 Å². The molecule has 1 amide bonds. The molecule has 1 unspecified atom stereocenters. The van der Waals surface area contributed by atoms with Gasteiger partial charge in [0.1, 0.15) is 0 Å². The highest BCUT2D eigenvalue weighted by molar-refractivity contribution is 9.10. The van der Waals surface area contributed by atoms with Gasteiger partial charge in [-0.05, 0) is 31.0 Å². The molecule has 2 atom stereocenters. The smallest absolute Gasteiger partial charge is 0.237 e. The number of halogens is 1. The van der Waals surface area contributed by atoms with Crippen LogP contribution in [0.5, 0.6) is 0 Å². The van der Waals surface area contributed by atoms with Gasteiger partial charge in [0.25, 0.3) is 0 Å². The summed E-state index contributed by atoms with van der Waals surface area (Å²) in [6, 6.07) is 7.46. The Balaban J connectivity index is 2.60. The number of hydrogen-bond donors (Lipinski definition) is 2. The van der Waals surface area contributed by atoms with Gasteiger partial charge >= 0.3 is 0 Å². The predicted octanol–water partition coefficient (Wildman–Crippen LogP) is 2.75. The number of benzene rings is 1. The maximum absolute atomic E-state index is 11.8. The molecule has 0 aromatic heterocycles. The lowest BCUT2D eigenvalue weighted by atomic mass is 10.1. The molecule has 4 heteroatoms. The third kappa shape index (κ3) is 4.48.